The van der Waals surface area contributed by atoms with Crippen LogP contribution in [0.3, 0.4) is 0 Å². The molecule has 0 aromatic heterocycles. The van der Waals surface area contributed by atoms with Gasteiger partial charge in [-0.2, -0.15) is 0 Å². The van der Waals surface area contributed by atoms with Crippen LogP contribution in [0.25, 0.3) is 0 Å². The van der Waals surface area contributed by atoms with Crippen LogP contribution < -0.4 is 0 Å². The lowest BCUT2D eigenvalue weighted by Crippen LogP contribution is -2.27. The summed E-state index contributed by atoms with van der Waals surface area (Å²) in [5, 5.41) is 0. The number of carbonyl (C=O) groups excluding carboxylic acids is 1. The van der Waals surface area contributed by atoms with E-state index >= 15 is 0 Å². The number of likely N-dealkylation sites (tertiary alicyclic amines) is 1. The summed E-state index contributed by atoms with van der Waals surface area (Å²) in [4.78, 5) is 14.1. The number of amides is 1. The zero-order chi connectivity index (χ0) is 11.4. The zero-order valence-corrected chi connectivity index (χ0v) is 9.91. The van der Waals surface area contributed by atoms with Crippen molar-refractivity contribution in [2.24, 2.45) is 0 Å². The first-order chi connectivity index (χ1) is 7.81. The topological polar surface area (TPSA) is 20.3 Å². The number of benzene rings is 1. The van der Waals surface area contributed by atoms with E-state index < -0.39 is 0 Å². The molecular formula is C14H19NO. The quantitative estimate of drug-likeness (QED) is 0.762. The first kappa shape index (κ1) is 11.2. The maximum absolute atomic E-state index is 12.1. The molecule has 2 heteroatoms. The predicted octanol–water partition coefficient (Wildman–Crippen LogP) is 2.88. The molecule has 0 spiro atoms. The van der Waals surface area contributed by atoms with Gasteiger partial charge in [0.25, 0.3) is 5.91 Å². The third kappa shape index (κ3) is 2.43. The molecule has 1 aromatic rings. The molecule has 1 aliphatic rings. The minimum absolute atomic E-state index is 0.204. The fourth-order valence-corrected chi connectivity index (χ4v) is 2.25. The Morgan fingerprint density at radius 1 is 1.31 bits per heavy atom. The standard InChI is InChI=1S/C14H19NO/c1-2-6-12-7-5-8-13(11-12)14(16)15-9-3-4-10-15/h5,7-8,11H,2-4,6,9-10H2,1H3. The second kappa shape index (κ2) is 5.15. The fourth-order valence-electron chi connectivity index (χ4n) is 2.25. The molecule has 1 amide bonds. The van der Waals surface area contributed by atoms with Gasteiger partial charge in [0.2, 0.25) is 0 Å². The number of carbonyl (C=O) groups is 1. The van der Waals surface area contributed by atoms with E-state index in [9.17, 15) is 4.79 Å². The molecule has 86 valence electrons. The maximum atomic E-state index is 12.1. The van der Waals surface area contributed by atoms with Crippen molar-refractivity contribution in [3.05, 3.63) is 35.4 Å². The zero-order valence-electron chi connectivity index (χ0n) is 9.91. The van der Waals surface area contributed by atoms with Crippen molar-refractivity contribution >= 4 is 5.91 Å². The van der Waals surface area contributed by atoms with Gasteiger partial charge in [-0.3, -0.25) is 4.79 Å². The minimum Gasteiger partial charge on any atom is -0.339 e. The number of hydrogen-bond donors (Lipinski definition) is 0. The molecule has 0 atom stereocenters. The lowest BCUT2D eigenvalue weighted by atomic mass is 10.1. The first-order valence-electron chi connectivity index (χ1n) is 6.19. The van der Waals surface area contributed by atoms with Crippen LogP contribution in [-0.2, 0) is 6.42 Å². The summed E-state index contributed by atoms with van der Waals surface area (Å²) in [6.07, 6.45) is 4.49. The molecule has 0 unspecified atom stereocenters. The number of aryl methyl sites for hydroxylation is 1. The van der Waals surface area contributed by atoms with Crippen LogP contribution in [0.15, 0.2) is 24.3 Å². The molecule has 2 nitrogen and oxygen atoms in total. The van der Waals surface area contributed by atoms with E-state index in [-0.39, 0.29) is 5.91 Å². The van der Waals surface area contributed by atoms with Gasteiger partial charge in [-0.25, -0.2) is 0 Å². The van der Waals surface area contributed by atoms with Crippen LogP contribution in [-0.4, -0.2) is 23.9 Å². The summed E-state index contributed by atoms with van der Waals surface area (Å²) in [6.45, 7) is 4.02. The van der Waals surface area contributed by atoms with Gasteiger partial charge in [-0.05, 0) is 37.0 Å². The van der Waals surface area contributed by atoms with E-state index in [0.717, 1.165) is 44.3 Å². The first-order valence-corrected chi connectivity index (χ1v) is 6.19. The summed E-state index contributed by atoms with van der Waals surface area (Å²) in [6, 6.07) is 8.07. The van der Waals surface area contributed by atoms with Gasteiger partial charge in [-0.15, -0.1) is 0 Å². The van der Waals surface area contributed by atoms with Crippen molar-refractivity contribution in [3.8, 4) is 0 Å². The Morgan fingerprint density at radius 3 is 2.75 bits per heavy atom. The highest BCUT2D eigenvalue weighted by Crippen LogP contribution is 2.14. The van der Waals surface area contributed by atoms with Crippen LogP contribution >= 0.6 is 0 Å². The van der Waals surface area contributed by atoms with Gasteiger partial charge in [0.15, 0.2) is 0 Å². The molecular weight excluding hydrogens is 198 g/mol. The van der Waals surface area contributed by atoms with Crippen molar-refractivity contribution in [2.45, 2.75) is 32.6 Å². The van der Waals surface area contributed by atoms with E-state index in [4.69, 9.17) is 0 Å². The molecule has 0 saturated carbocycles. The van der Waals surface area contributed by atoms with Crippen molar-refractivity contribution in [2.75, 3.05) is 13.1 Å². The number of hydrogen-bond acceptors (Lipinski definition) is 1. The van der Waals surface area contributed by atoms with E-state index in [1.54, 1.807) is 0 Å². The third-order valence-electron chi connectivity index (χ3n) is 3.11. The highest BCUT2D eigenvalue weighted by Gasteiger charge is 2.19. The van der Waals surface area contributed by atoms with Gasteiger partial charge in [0.1, 0.15) is 0 Å². The minimum atomic E-state index is 0.204. The SMILES string of the molecule is CCCc1cccc(C(=O)N2CCCC2)c1. The van der Waals surface area contributed by atoms with E-state index in [0.29, 0.717) is 0 Å². The smallest absolute Gasteiger partial charge is 0.253 e. The van der Waals surface area contributed by atoms with Crippen molar-refractivity contribution in [1.29, 1.82) is 0 Å². The number of rotatable bonds is 3. The van der Waals surface area contributed by atoms with Crippen LogP contribution in [0, 0.1) is 0 Å². The Morgan fingerprint density at radius 2 is 2.06 bits per heavy atom. The lowest BCUT2D eigenvalue weighted by molar-refractivity contribution is 0.0792. The average Bonchev–Trinajstić information content (AvgIpc) is 2.82. The molecule has 0 N–H and O–H groups in total. The Kier molecular flexibility index (Phi) is 3.60. The molecule has 1 fully saturated rings. The number of nitrogens with zero attached hydrogens (tertiary/aromatic N) is 1. The molecule has 1 heterocycles. The summed E-state index contributed by atoms with van der Waals surface area (Å²) in [5.74, 6) is 0.204. The van der Waals surface area contributed by atoms with Gasteiger partial charge >= 0.3 is 0 Å². The Bertz CT molecular complexity index is 367. The van der Waals surface area contributed by atoms with Crippen LogP contribution in [0.5, 0.6) is 0 Å². The summed E-state index contributed by atoms with van der Waals surface area (Å²) < 4.78 is 0. The molecule has 0 bridgehead atoms. The fraction of sp³-hybridized carbons (Fsp3) is 0.500. The van der Waals surface area contributed by atoms with E-state index in [1.807, 2.05) is 23.1 Å². The van der Waals surface area contributed by atoms with Crippen LogP contribution in [0.1, 0.15) is 42.1 Å². The van der Waals surface area contributed by atoms with Crippen molar-refractivity contribution < 1.29 is 4.79 Å². The molecule has 1 aliphatic heterocycles. The average molecular weight is 217 g/mol. The highest BCUT2D eigenvalue weighted by molar-refractivity contribution is 5.94. The summed E-state index contributed by atoms with van der Waals surface area (Å²) in [5.41, 5.74) is 2.13. The van der Waals surface area contributed by atoms with Gasteiger partial charge in [0.05, 0.1) is 0 Å². The Balaban J connectivity index is 2.12. The van der Waals surface area contributed by atoms with Crippen LogP contribution in [0.4, 0.5) is 0 Å². The maximum Gasteiger partial charge on any atom is 0.253 e. The Hall–Kier alpha value is -1.31. The summed E-state index contributed by atoms with van der Waals surface area (Å²) in [7, 11) is 0. The van der Waals surface area contributed by atoms with Gasteiger partial charge in [0, 0.05) is 18.7 Å². The normalized spacial score (nSPS) is 15.4. The second-order valence-corrected chi connectivity index (χ2v) is 4.45. The molecule has 2 rings (SSSR count). The highest BCUT2D eigenvalue weighted by atomic mass is 16.2. The van der Waals surface area contributed by atoms with Gasteiger partial charge < -0.3 is 4.90 Å². The monoisotopic (exact) mass is 217 g/mol. The molecule has 1 saturated heterocycles. The summed E-state index contributed by atoms with van der Waals surface area (Å²) >= 11 is 0. The van der Waals surface area contributed by atoms with E-state index in [2.05, 4.69) is 13.0 Å². The molecule has 0 aliphatic carbocycles. The second-order valence-electron chi connectivity index (χ2n) is 4.45. The molecule has 1 aromatic carbocycles. The largest absolute Gasteiger partial charge is 0.339 e. The van der Waals surface area contributed by atoms with Crippen molar-refractivity contribution in [1.82, 2.24) is 4.90 Å². The van der Waals surface area contributed by atoms with Crippen LogP contribution in [0.2, 0.25) is 0 Å². The van der Waals surface area contributed by atoms with Gasteiger partial charge in [-0.1, -0.05) is 25.5 Å². The Labute approximate surface area is 97.3 Å². The predicted molar refractivity (Wildman–Crippen MR) is 65.6 cm³/mol. The molecule has 16 heavy (non-hydrogen) atoms. The lowest BCUT2D eigenvalue weighted by Gasteiger charge is -2.15. The van der Waals surface area contributed by atoms with E-state index in [1.165, 1.54) is 5.56 Å². The van der Waals surface area contributed by atoms with Crippen molar-refractivity contribution in [3.63, 3.8) is 0 Å². The third-order valence-corrected chi connectivity index (χ3v) is 3.11. The molecule has 0 radical (unpaired) electrons.